The van der Waals surface area contributed by atoms with E-state index in [4.69, 9.17) is 0 Å². The summed E-state index contributed by atoms with van der Waals surface area (Å²) in [5.74, 6) is 0. The summed E-state index contributed by atoms with van der Waals surface area (Å²) in [4.78, 5) is 4.64. The van der Waals surface area contributed by atoms with Crippen molar-refractivity contribution in [3.05, 3.63) is 264 Å². The fourth-order valence-corrected chi connectivity index (χ4v) is 8.24. The molecule has 4 nitrogen and oxygen atoms in total. The SMILES string of the molecule is CC1=C/C=C(/N(c2ccccc2)c2ccc(N(N/C=C/C=C\C=C/c3ccc4c(c3)C=CCC4)c3ccc(N(c4ccccc4)c4ccc5c(c4)C=CC5)cc3)cc2)C=CCC=C1. The summed E-state index contributed by atoms with van der Waals surface area (Å²) in [6.45, 7) is 2.14. The molecule has 3 aliphatic carbocycles. The van der Waals surface area contributed by atoms with Crippen LogP contribution in [0.1, 0.15) is 47.6 Å². The summed E-state index contributed by atoms with van der Waals surface area (Å²) in [5, 5.41) is 2.13. The Morgan fingerprint density at radius 2 is 1.08 bits per heavy atom. The summed E-state index contributed by atoms with van der Waals surface area (Å²) >= 11 is 0. The van der Waals surface area contributed by atoms with Gasteiger partial charge in [-0.3, -0.25) is 5.01 Å². The zero-order chi connectivity index (χ0) is 42.6. The van der Waals surface area contributed by atoms with Gasteiger partial charge in [-0.2, -0.15) is 0 Å². The summed E-state index contributed by atoms with van der Waals surface area (Å²) in [5.41, 5.74) is 20.0. The number of anilines is 7. The molecule has 0 atom stereocenters. The van der Waals surface area contributed by atoms with E-state index in [1.54, 1.807) is 0 Å². The van der Waals surface area contributed by atoms with E-state index in [2.05, 4.69) is 258 Å². The standard InChI is InChI=1S/C59H52N4/c1-46-18-7-4-9-28-54(33-29-46)61(52-24-10-5-11-25-52)55-35-39-57(40-36-55)63(60-43-16-3-2-8-19-47-30-31-48-20-14-15-21-50(48)44-47)58-41-37-56(38-42-58)62(53-26-12-6-13-27-53)59-34-32-49-22-17-23-51(49)45-59/h2-3,5-13,15-19,21,23-45,60H,4,14,20,22H2,1H3/b3-2-,18-7?,19-8-,28-9?,43-16+,46-29?,54-33+. The highest BCUT2D eigenvalue weighted by Gasteiger charge is 2.18. The van der Waals surface area contributed by atoms with E-state index in [0.717, 1.165) is 71.2 Å². The molecule has 1 N–H and O–H groups in total. The van der Waals surface area contributed by atoms with Crippen molar-refractivity contribution >= 4 is 58.0 Å². The smallest absolute Gasteiger partial charge is 0.0631 e. The van der Waals surface area contributed by atoms with Crippen LogP contribution >= 0.6 is 0 Å². The first-order valence-corrected chi connectivity index (χ1v) is 21.9. The Bertz CT molecular complexity index is 2800. The molecule has 6 aromatic carbocycles. The van der Waals surface area contributed by atoms with Gasteiger partial charge >= 0.3 is 0 Å². The average Bonchev–Trinajstić information content (AvgIpc) is 3.84. The fourth-order valence-electron chi connectivity index (χ4n) is 8.24. The van der Waals surface area contributed by atoms with Gasteiger partial charge in [0.1, 0.15) is 0 Å². The van der Waals surface area contributed by atoms with Gasteiger partial charge in [-0.1, -0.05) is 133 Å². The second-order valence-corrected chi connectivity index (χ2v) is 15.9. The normalized spacial score (nSPS) is 15.1. The molecule has 9 rings (SSSR count). The largest absolute Gasteiger partial charge is 0.311 e. The molecule has 0 bridgehead atoms. The highest BCUT2D eigenvalue weighted by molar-refractivity contribution is 5.81. The number of hydrogen-bond donors (Lipinski definition) is 1. The van der Waals surface area contributed by atoms with Gasteiger partial charge in [-0.15, -0.1) is 0 Å². The van der Waals surface area contributed by atoms with E-state index < -0.39 is 0 Å². The van der Waals surface area contributed by atoms with Crippen LogP contribution in [0.4, 0.5) is 39.8 Å². The first kappa shape index (κ1) is 40.6. The fraction of sp³-hybridized carbons (Fsp3) is 0.0847. The van der Waals surface area contributed by atoms with Crippen molar-refractivity contribution in [2.75, 3.05) is 14.8 Å². The van der Waals surface area contributed by atoms with Crippen molar-refractivity contribution in [1.29, 1.82) is 0 Å². The molecular weight excluding hydrogens is 765 g/mol. The maximum absolute atomic E-state index is 3.60. The van der Waals surface area contributed by atoms with Crippen LogP contribution in [0.3, 0.4) is 0 Å². The average molecular weight is 817 g/mol. The van der Waals surface area contributed by atoms with E-state index >= 15 is 0 Å². The Kier molecular flexibility index (Phi) is 12.7. The van der Waals surface area contributed by atoms with Crippen LogP contribution < -0.4 is 20.2 Å². The number of hydrogen-bond acceptors (Lipinski definition) is 4. The number of nitrogens with one attached hydrogen (secondary N) is 1. The first-order chi connectivity index (χ1) is 31.2. The van der Waals surface area contributed by atoms with Crippen molar-refractivity contribution in [3.8, 4) is 0 Å². The lowest BCUT2D eigenvalue weighted by atomic mass is 9.95. The molecule has 0 heterocycles. The topological polar surface area (TPSA) is 21.8 Å². The number of nitrogens with zero attached hydrogens (tertiary/aromatic N) is 3. The number of hydrazine groups is 1. The van der Waals surface area contributed by atoms with Gasteiger partial charge in [0.05, 0.1) is 11.4 Å². The van der Waals surface area contributed by atoms with Crippen LogP contribution in [0, 0.1) is 0 Å². The third-order valence-corrected chi connectivity index (χ3v) is 11.5. The Balaban J connectivity index is 1.02. The third-order valence-electron chi connectivity index (χ3n) is 11.5. The molecule has 6 aromatic rings. The van der Waals surface area contributed by atoms with Crippen molar-refractivity contribution in [2.45, 2.75) is 32.6 Å². The van der Waals surface area contributed by atoms with Crippen molar-refractivity contribution in [1.82, 2.24) is 5.43 Å². The Hall–Kier alpha value is -7.82. The van der Waals surface area contributed by atoms with E-state index in [1.165, 1.54) is 33.4 Å². The van der Waals surface area contributed by atoms with Crippen molar-refractivity contribution < 1.29 is 0 Å². The van der Waals surface area contributed by atoms with Crippen LogP contribution in [0.15, 0.2) is 236 Å². The molecular formula is C59H52N4. The predicted octanol–water partition coefficient (Wildman–Crippen LogP) is 15.6. The zero-order valence-electron chi connectivity index (χ0n) is 35.8. The molecule has 0 saturated carbocycles. The molecule has 0 radical (unpaired) electrons. The van der Waals surface area contributed by atoms with E-state index in [0.29, 0.717) is 0 Å². The summed E-state index contributed by atoms with van der Waals surface area (Å²) < 4.78 is 0. The molecule has 308 valence electrons. The van der Waals surface area contributed by atoms with Crippen molar-refractivity contribution in [2.24, 2.45) is 0 Å². The van der Waals surface area contributed by atoms with Gasteiger partial charge in [0, 0.05) is 40.3 Å². The van der Waals surface area contributed by atoms with Gasteiger partial charge in [-0.25, -0.2) is 0 Å². The van der Waals surface area contributed by atoms with Gasteiger partial charge in [0.2, 0.25) is 0 Å². The highest BCUT2D eigenvalue weighted by Crippen LogP contribution is 2.39. The van der Waals surface area contributed by atoms with Crippen molar-refractivity contribution in [3.63, 3.8) is 0 Å². The number of benzene rings is 6. The second-order valence-electron chi connectivity index (χ2n) is 15.9. The number of allylic oxidation sites excluding steroid dienone is 13. The van der Waals surface area contributed by atoms with Crippen LogP contribution in [0.5, 0.6) is 0 Å². The molecule has 63 heavy (non-hydrogen) atoms. The Labute approximate surface area is 373 Å². The van der Waals surface area contributed by atoms with E-state index in [9.17, 15) is 0 Å². The molecule has 0 saturated heterocycles. The second kappa shape index (κ2) is 19.7. The lowest BCUT2D eigenvalue weighted by molar-refractivity contribution is 0.887. The lowest BCUT2D eigenvalue weighted by Crippen LogP contribution is -2.29. The molecule has 0 aromatic heterocycles. The Morgan fingerprint density at radius 1 is 0.476 bits per heavy atom. The highest BCUT2D eigenvalue weighted by atomic mass is 15.5. The van der Waals surface area contributed by atoms with Gasteiger partial charge < -0.3 is 15.2 Å². The van der Waals surface area contributed by atoms with Gasteiger partial charge in [0.15, 0.2) is 0 Å². The van der Waals surface area contributed by atoms with Gasteiger partial charge in [-0.05, 0) is 170 Å². The molecule has 0 aliphatic heterocycles. The number of aryl methyl sites for hydroxylation is 1. The molecule has 0 amide bonds. The van der Waals surface area contributed by atoms with Crippen LogP contribution in [0.2, 0.25) is 0 Å². The zero-order valence-corrected chi connectivity index (χ0v) is 35.8. The molecule has 0 spiro atoms. The summed E-state index contributed by atoms with van der Waals surface area (Å²) in [6, 6.07) is 52.2. The number of rotatable bonds is 13. The van der Waals surface area contributed by atoms with E-state index in [-0.39, 0.29) is 0 Å². The minimum Gasteiger partial charge on any atom is -0.311 e. The Morgan fingerprint density at radius 3 is 1.84 bits per heavy atom. The summed E-state index contributed by atoms with van der Waals surface area (Å²) in [7, 11) is 0. The number of fused-ring (bicyclic) bond motifs is 2. The predicted molar refractivity (Wildman–Crippen MR) is 270 cm³/mol. The number of para-hydroxylation sites is 2. The van der Waals surface area contributed by atoms with Crippen LogP contribution in [-0.4, -0.2) is 0 Å². The maximum Gasteiger partial charge on any atom is 0.0631 e. The van der Waals surface area contributed by atoms with Crippen LogP contribution in [-0.2, 0) is 12.8 Å². The first-order valence-electron chi connectivity index (χ1n) is 21.9. The lowest BCUT2D eigenvalue weighted by Gasteiger charge is -2.29. The maximum atomic E-state index is 3.60. The monoisotopic (exact) mass is 816 g/mol. The minimum absolute atomic E-state index is 0.878. The summed E-state index contributed by atoms with van der Waals surface area (Å²) in [6.07, 6.45) is 38.7. The molecule has 0 fully saturated rings. The van der Waals surface area contributed by atoms with Gasteiger partial charge in [0.25, 0.3) is 0 Å². The minimum atomic E-state index is 0.878. The van der Waals surface area contributed by atoms with Crippen LogP contribution in [0.25, 0.3) is 18.2 Å². The third kappa shape index (κ3) is 9.88. The quantitative estimate of drug-likeness (QED) is 0.0926. The molecule has 4 heteroatoms. The molecule has 0 unspecified atom stereocenters. The van der Waals surface area contributed by atoms with E-state index in [1.807, 2.05) is 12.3 Å². The molecule has 3 aliphatic rings.